The van der Waals surface area contributed by atoms with Gasteiger partial charge in [0.2, 0.25) is 0 Å². The molecule has 3 N–H and O–H groups in total. The highest BCUT2D eigenvalue weighted by Crippen LogP contribution is 2.47. The Bertz CT molecular complexity index is 183. The first-order chi connectivity index (χ1) is 5.05. The Labute approximate surface area is 64.1 Å². The van der Waals surface area contributed by atoms with Crippen molar-refractivity contribution in [3.63, 3.8) is 0 Å². The standard InChI is InChI=1S/C7H12F2N2/c8-7(9)2-1-6(10)4-11-3-5(6)7/h5,11H,1-4,10H2/t5-,6-/m1/s1. The van der Waals surface area contributed by atoms with Crippen LogP contribution in [0.1, 0.15) is 12.8 Å². The molecule has 1 aliphatic carbocycles. The largest absolute Gasteiger partial charge is 0.324 e. The molecule has 1 heterocycles. The fourth-order valence-corrected chi connectivity index (χ4v) is 2.18. The highest BCUT2D eigenvalue weighted by Gasteiger charge is 2.58. The zero-order valence-corrected chi connectivity index (χ0v) is 6.24. The molecule has 0 unspecified atom stereocenters. The molecule has 2 atom stereocenters. The molecule has 0 aromatic rings. The number of rotatable bonds is 0. The van der Waals surface area contributed by atoms with E-state index < -0.39 is 17.4 Å². The van der Waals surface area contributed by atoms with Crippen LogP contribution >= 0.6 is 0 Å². The van der Waals surface area contributed by atoms with Gasteiger partial charge in [-0.3, -0.25) is 0 Å². The third kappa shape index (κ3) is 0.891. The molecule has 0 aromatic heterocycles. The molecule has 0 radical (unpaired) electrons. The van der Waals surface area contributed by atoms with E-state index in [1.54, 1.807) is 0 Å². The molecular weight excluding hydrogens is 150 g/mol. The summed E-state index contributed by atoms with van der Waals surface area (Å²) in [5, 5.41) is 2.92. The van der Waals surface area contributed by atoms with Gasteiger partial charge in [0.1, 0.15) is 0 Å². The monoisotopic (exact) mass is 162 g/mol. The second kappa shape index (κ2) is 1.93. The van der Waals surface area contributed by atoms with Crippen molar-refractivity contribution in [1.29, 1.82) is 0 Å². The van der Waals surface area contributed by atoms with Crippen molar-refractivity contribution in [3.05, 3.63) is 0 Å². The first kappa shape index (κ1) is 7.43. The van der Waals surface area contributed by atoms with E-state index >= 15 is 0 Å². The van der Waals surface area contributed by atoms with Crippen LogP contribution in [0.15, 0.2) is 0 Å². The van der Waals surface area contributed by atoms with Crippen LogP contribution < -0.4 is 11.1 Å². The average molecular weight is 162 g/mol. The van der Waals surface area contributed by atoms with Gasteiger partial charge in [-0.1, -0.05) is 0 Å². The summed E-state index contributed by atoms with van der Waals surface area (Å²) in [5.74, 6) is -3.16. The summed E-state index contributed by atoms with van der Waals surface area (Å²) in [6.07, 6.45) is 0.424. The lowest BCUT2D eigenvalue weighted by Crippen LogP contribution is -2.46. The third-order valence-electron chi connectivity index (χ3n) is 2.93. The summed E-state index contributed by atoms with van der Waals surface area (Å²) >= 11 is 0. The molecule has 2 aliphatic rings. The van der Waals surface area contributed by atoms with E-state index in [0.717, 1.165) is 0 Å². The number of hydrogen-bond donors (Lipinski definition) is 2. The molecule has 1 saturated carbocycles. The molecule has 2 fully saturated rings. The number of alkyl halides is 2. The smallest absolute Gasteiger partial charge is 0.254 e. The summed E-state index contributed by atoms with van der Waals surface area (Å²) < 4.78 is 26.0. The summed E-state index contributed by atoms with van der Waals surface area (Å²) in [7, 11) is 0. The van der Waals surface area contributed by atoms with Crippen molar-refractivity contribution in [3.8, 4) is 0 Å². The van der Waals surface area contributed by atoms with Crippen molar-refractivity contribution in [1.82, 2.24) is 5.32 Å². The molecule has 1 saturated heterocycles. The Morgan fingerprint density at radius 3 is 2.73 bits per heavy atom. The first-order valence-corrected chi connectivity index (χ1v) is 3.92. The molecule has 4 heteroatoms. The molecule has 2 rings (SSSR count). The van der Waals surface area contributed by atoms with E-state index in [9.17, 15) is 8.78 Å². The zero-order chi connectivity index (χ0) is 8.11. The van der Waals surface area contributed by atoms with E-state index in [2.05, 4.69) is 5.32 Å². The van der Waals surface area contributed by atoms with E-state index in [-0.39, 0.29) is 6.42 Å². The second-order valence-electron chi connectivity index (χ2n) is 3.68. The Morgan fingerprint density at radius 2 is 2.09 bits per heavy atom. The van der Waals surface area contributed by atoms with E-state index in [1.807, 2.05) is 0 Å². The molecule has 0 spiro atoms. The average Bonchev–Trinajstić information content (AvgIpc) is 2.36. The lowest BCUT2D eigenvalue weighted by Gasteiger charge is -2.24. The quantitative estimate of drug-likeness (QED) is 0.538. The van der Waals surface area contributed by atoms with Gasteiger partial charge < -0.3 is 11.1 Å². The molecule has 64 valence electrons. The highest BCUT2D eigenvalue weighted by molar-refractivity contribution is 5.10. The first-order valence-electron chi connectivity index (χ1n) is 3.92. The minimum Gasteiger partial charge on any atom is -0.324 e. The Morgan fingerprint density at radius 1 is 1.36 bits per heavy atom. The number of fused-ring (bicyclic) bond motifs is 1. The predicted molar refractivity (Wildman–Crippen MR) is 37.5 cm³/mol. The maximum Gasteiger partial charge on any atom is 0.254 e. The van der Waals surface area contributed by atoms with Crippen LogP contribution in [0.25, 0.3) is 0 Å². The highest BCUT2D eigenvalue weighted by atomic mass is 19.3. The van der Waals surface area contributed by atoms with Crippen LogP contribution in [0.4, 0.5) is 8.78 Å². The second-order valence-corrected chi connectivity index (χ2v) is 3.68. The van der Waals surface area contributed by atoms with Gasteiger partial charge in [0, 0.05) is 25.0 Å². The van der Waals surface area contributed by atoms with E-state index in [0.29, 0.717) is 19.5 Å². The van der Waals surface area contributed by atoms with Crippen LogP contribution in [0.5, 0.6) is 0 Å². The lowest BCUT2D eigenvalue weighted by atomic mass is 9.91. The summed E-state index contributed by atoms with van der Waals surface area (Å²) in [6.45, 7) is 0.927. The number of nitrogens with one attached hydrogen (secondary N) is 1. The maximum atomic E-state index is 13.0. The van der Waals surface area contributed by atoms with Crippen molar-refractivity contribution < 1.29 is 8.78 Å². The van der Waals surface area contributed by atoms with Gasteiger partial charge in [0.25, 0.3) is 5.92 Å². The lowest BCUT2D eigenvalue weighted by molar-refractivity contribution is -0.0383. The summed E-state index contributed by atoms with van der Waals surface area (Å²) in [4.78, 5) is 0. The fraction of sp³-hybridized carbons (Fsp3) is 1.00. The van der Waals surface area contributed by atoms with Gasteiger partial charge in [-0.05, 0) is 6.42 Å². The third-order valence-corrected chi connectivity index (χ3v) is 2.93. The molecule has 0 bridgehead atoms. The van der Waals surface area contributed by atoms with Gasteiger partial charge in [-0.15, -0.1) is 0 Å². The molecule has 0 aromatic carbocycles. The number of nitrogens with two attached hydrogens (primary N) is 1. The van der Waals surface area contributed by atoms with Crippen LogP contribution in [0.3, 0.4) is 0 Å². The minimum absolute atomic E-state index is 0.0319. The summed E-state index contributed by atoms with van der Waals surface area (Å²) in [6, 6.07) is 0. The van der Waals surface area contributed by atoms with Crippen LogP contribution in [0.2, 0.25) is 0 Å². The van der Waals surface area contributed by atoms with Crippen LogP contribution in [-0.2, 0) is 0 Å². The number of halogens is 2. The van der Waals surface area contributed by atoms with Crippen molar-refractivity contribution in [2.45, 2.75) is 24.3 Å². The van der Waals surface area contributed by atoms with Crippen LogP contribution in [0, 0.1) is 5.92 Å². The van der Waals surface area contributed by atoms with Gasteiger partial charge in [-0.25, -0.2) is 8.78 Å². The molecule has 1 aliphatic heterocycles. The topological polar surface area (TPSA) is 38.0 Å². The Hall–Kier alpha value is -0.220. The Kier molecular flexibility index (Phi) is 1.30. The molecule has 11 heavy (non-hydrogen) atoms. The predicted octanol–water partition coefficient (Wildman–Crippen LogP) is 0.332. The van der Waals surface area contributed by atoms with Gasteiger partial charge in [-0.2, -0.15) is 0 Å². The van der Waals surface area contributed by atoms with Crippen molar-refractivity contribution >= 4 is 0 Å². The molecule has 0 amide bonds. The van der Waals surface area contributed by atoms with Gasteiger partial charge >= 0.3 is 0 Å². The normalized spacial score (nSPS) is 47.7. The molecular formula is C7H12F2N2. The summed E-state index contributed by atoms with van der Waals surface area (Å²) in [5.41, 5.74) is 5.18. The number of hydrogen-bond acceptors (Lipinski definition) is 2. The zero-order valence-electron chi connectivity index (χ0n) is 6.24. The van der Waals surface area contributed by atoms with Crippen molar-refractivity contribution in [2.24, 2.45) is 11.7 Å². The fourth-order valence-electron chi connectivity index (χ4n) is 2.18. The Balaban J connectivity index is 2.26. The van der Waals surface area contributed by atoms with E-state index in [4.69, 9.17) is 5.73 Å². The van der Waals surface area contributed by atoms with Gasteiger partial charge in [0.15, 0.2) is 0 Å². The minimum atomic E-state index is -2.53. The molecule has 2 nitrogen and oxygen atoms in total. The van der Waals surface area contributed by atoms with Crippen LogP contribution in [-0.4, -0.2) is 24.6 Å². The SMILES string of the molecule is N[C@@]12CCC(F)(F)[C@@H]1CNC2. The van der Waals surface area contributed by atoms with E-state index in [1.165, 1.54) is 0 Å². The van der Waals surface area contributed by atoms with Crippen molar-refractivity contribution in [2.75, 3.05) is 13.1 Å². The maximum absolute atomic E-state index is 13.0. The van der Waals surface area contributed by atoms with Gasteiger partial charge in [0.05, 0.1) is 5.92 Å².